The minimum Gasteiger partial charge on any atom is -0.450 e. The summed E-state index contributed by atoms with van der Waals surface area (Å²) >= 11 is 5.82. The molecule has 1 rings (SSSR count). The van der Waals surface area contributed by atoms with Gasteiger partial charge in [0.1, 0.15) is 0 Å². The molecule has 132 valence electrons. The molecular formula is C18H25ClN2O3. The van der Waals surface area contributed by atoms with E-state index in [0.717, 1.165) is 12.0 Å². The van der Waals surface area contributed by atoms with Crippen molar-refractivity contribution in [2.45, 2.75) is 33.2 Å². The van der Waals surface area contributed by atoms with Gasteiger partial charge in [-0.1, -0.05) is 37.6 Å². The number of carbonyl (C=O) groups excluding carboxylic acids is 2. The zero-order valence-corrected chi connectivity index (χ0v) is 15.1. The van der Waals surface area contributed by atoms with Crippen molar-refractivity contribution in [2.24, 2.45) is 5.92 Å². The molecule has 5 nitrogen and oxygen atoms in total. The molecule has 0 aromatic heterocycles. The van der Waals surface area contributed by atoms with Gasteiger partial charge in [0, 0.05) is 23.7 Å². The highest BCUT2D eigenvalue weighted by Crippen LogP contribution is 2.10. The fourth-order valence-corrected chi connectivity index (χ4v) is 2.26. The first kappa shape index (κ1) is 20.0. The van der Waals surface area contributed by atoms with E-state index in [1.54, 1.807) is 25.1 Å². The summed E-state index contributed by atoms with van der Waals surface area (Å²) in [7, 11) is 0. The molecule has 1 unspecified atom stereocenters. The van der Waals surface area contributed by atoms with Crippen LogP contribution in [0.15, 0.2) is 30.3 Å². The minimum absolute atomic E-state index is 0.170. The van der Waals surface area contributed by atoms with Gasteiger partial charge in [0.25, 0.3) is 0 Å². The monoisotopic (exact) mass is 352 g/mol. The quantitative estimate of drug-likeness (QED) is 0.702. The van der Waals surface area contributed by atoms with Gasteiger partial charge in [0.15, 0.2) is 0 Å². The highest BCUT2D eigenvalue weighted by molar-refractivity contribution is 6.30. The average Bonchev–Trinajstić information content (AvgIpc) is 2.51. The smallest absolute Gasteiger partial charge is 0.407 e. The first-order valence-corrected chi connectivity index (χ1v) is 8.43. The number of hydrogen-bond acceptors (Lipinski definition) is 3. The van der Waals surface area contributed by atoms with Gasteiger partial charge >= 0.3 is 6.09 Å². The van der Waals surface area contributed by atoms with Crippen molar-refractivity contribution < 1.29 is 14.3 Å². The van der Waals surface area contributed by atoms with Crippen molar-refractivity contribution in [1.82, 2.24) is 10.6 Å². The molecule has 0 aliphatic carbocycles. The molecule has 1 aromatic carbocycles. The molecule has 1 aromatic rings. The normalized spacial score (nSPS) is 12.2. The Balaban J connectivity index is 2.50. The predicted octanol–water partition coefficient (Wildman–Crippen LogP) is 3.63. The summed E-state index contributed by atoms with van der Waals surface area (Å²) in [5, 5.41) is 6.22. The lowest BCUT2D eigenvalue weighted by Gasteiger charge is -2.20. The number of alkyl carbamates (subject to hydrolysis) is 1. The molecule has 0 saturated heterocycles. The van der Waals surface area contributed by atoms with Gasteiger partial charge in [-0.25, -0.2) is 4.79 Å². The van der Waals surface area contributed by atoms with Crippen molar-refractivity contribution in [3.8, 4) is 0 Å². The predicted molar refractivity (Wildman–Crippen MR) is 96.9 cm³/mol. The van der Waals surface area contributed by atoms with Crippen LogP contribution in [0.1, 0.15) is 32.8 Å². The Morgan fingerprint density at radius 3 is 2.50 bits per heavy atom. The van der Waals surface area contributed by atoms with Crippen molar-refractivity contribution in [3.05, 3.63) is 40.9 Å². The molecule has 6 heteroatoms. The molecule has 0 bridgehead atoms. The van der Waals surface area contributed by atoms with E-state index in [0.29, 0.717) is 24.1 Å². The molecule has 0 heterocycles. The topological polar surface area (TPSA) is 67.4 Å². The molecule has 0 radical (unpaired) electrons. The van der Waals surface area contributed by atoms with Crippen LogP contribution in [0.5, 0.6) is 0 Å². The second-order valence-electron chi connectivity index (χ2n) is 5.82. The molecule has 0 aliphatic rings. The Bertz CT molecular complexity index is 556. The summed E-state index contributed by atoms with van der Waals surface area (Å²) in [5.74, 6) is 0.169. The number of halogens is 1. The number of carbonyl (C=O) groups is 2. The van der Waals surface area contributed by atoms with Crippen molar-refractivity contribution in [3.63, 3.8) is 0 Å². The highest BCUT2D eigenvalue weighted by Gasteiger charge is 2.15. The SMILES string of the molecule is CCOC(=O)NC(CNC(=O)C=Cc1ccc(Cl)cc1)CC(C)C. The molecule has 0 spiro atoms. The summed E-state index contributed by atoms with van der Waals surface area (Å²) in [4.78, 5) is 23.5. The van der Waals surface area contributed by atoms with E-state index in [1.165, 1.54) is 6.08 Å². The van der Waals surface area contributed by atoms with Crippen LogP contribution in [0.25, 0.3) is 6.08 Å². The van der Waals surface area contributed by atoms with E-state index >= 15 is 0 Å². The minimum atomic E-state index is -0.464. The van der Waals surface area contributed by atoms with Crippen LogP contribution in [-0.4, -0.2) is 31.2 Å². The third-order valence-electron chi connectivity index (χ3n) is 3.17. The van der Waals surface area contributed by atoms with Crippen LogP contribution < -0.4 is 10.6 Å². The first-order chi connectivity index (χ1) is 11.4. The number of rotatable bonds is 8. The second-order valence-corrected chi connectivity index (χ2v) is 6.26. The standard InChI is InChI=1S/C18H25ClN2O3/c1-4-24-18(23)21-16(11-13(2)3)12-20-17(22)10-7-14-5-8-15(19)9-6-14/h5-10,13,16H,4,11-12H2,1-3H3,(H,20,22)(H,21,23). The van der Waals surface area contributed by atoms with Crippen molar-refractivity contribution in [1.29, 1.82) is 0 Å². The highest BCUT2D eigenvalue weighted by atomic mass is 35.5. The molecule has 24 heavy (non-hydrogen) atoms. The Labute approximate surface area is 148 Å². The Morgan fingerprint density at radius 2 is 1.92 bits per heavy atom. The largest absolute Gasteiger partial charge is 0.450 e. The van der Waals surface area contributed by atoms with Gasteiger partial charge in [-0.15, -0.1) is 0 Å². The summed E-state index contributed by atoms with van der Waals surface area (Å²) < 4.78 is 4.89. The Hall–Kier alpha value is -2.01. The summed E-state index contributed by atoms with van der Waals surface area (Å²) in [6.45, 7) is 6.53. The number of benzene rings is 1. The van der Waals surface area contributed by atoms with Crippen LogP contribution in [0.2, 0.25) is 5.02 Å². The van der Waals surface area contributed by atoms with Crippen molar-refractivity contribution in [2.75, 3.05) is 13.2 Å². The summed E-state index contributed by atoms with van der Waals surface area (Å²) in [6.07, 6.45) is 3.45. The van der Waals surface area contributed by atoms with E-state index in [-0.39, 0.29) is 11.9 Å². The molecule has 2 N–H and O–H groups in total. The summed E-state index contributed by atoms with van der Waals surface area (Å²) in [6, 6.07) is 7.02. The van der Waals surface area contributed by atoms with Gasteiger partial charge < -0.3 is 15.4 Å². The third-order valence-corrected chi connectivity index (χ3v) is 3.43. The third kappa shape index (κ3) is 8.58. The number of hydrogen-bond donors (Lipinski definition) is 2. The maximum atomic E-state index is 11.9. The van der Waals surface area contributed by atoms with E-state index in [9.17, 15) is 9.59 Å². The van der Waals surface area contributed by atoms with E-state index in [1.807, 2.05) is 12.1 Å². The number of ether oxygens (including phenoxy) is 1. The lowest BCUT2D eigenvalue weighted by Crippen LogP contribution is -2.44. The molecule has 0 fully saturated rings. The first-order valence-electron chi connectivity index (χ1n) is 8.05. The zero-order chi connectivity index (χ0) is 17.9. The Kier molecular flexibility index (Phi) is 8.94. The van der Waals surface area contributed by atoms with E-state index in [2.05, 4.69) is 24.5 Å². The zero-order valence-electron chi connectivity index (χ0n) is 14.3. The van der Waals surface area contributed by atoms with Crippen molar-refractivity contribution >= 4 is 29.7 Å². The molecule has 0 aliphatic heterocycles. The maximum Gasteiger partial charge on any atom is 0.407 e. The van der Waals surface area contributed by atoms with Crippen LogP contribution in [0, 0.1) is 5.92 Å². The van der Waals surface area contributed by atoms with Crippen LogP contribution >= 0.6 is 11.6 Å². The molecular weight excluding hydrogens is 328 g/mol. The van der Waals surface area contributed by atoms with Crippen LogP contribution in [-0.2, 0) is 9.53 Å². The van der Waals surface area contributed by atoms with Crippen LogP contribution in [0.3, 0.4) is 0 Å². The average molecular weight is 353 g/mol. The summed E-state index contributed by atoms with van der Waals surface area (Å²) in [5.41, 5.74) is 0.887. The number of amides is 2. The van der Waals surface area contributed by atoms with Gasteiger partial charge in [-0.05, 0) is 43.0 Å². The Morgan fingerprint density at radius 1 is 1.25 bits per heavy atom. The lowest BCUT2D eigenvalue weighted by atomic mass is 10.0. The maximum absolute atomic E-state index is 11.9. The van der Waals surface area contributed by atoms with Gasteiger partial charge in [-0.2, -0.15) is 0 Å². The molecule has 1 atom stereocenters. The fourth-order valence-electron chi connectivity index (χ4n) is 2.13. The van der Waals surface area contributed by atoms with E-state index < -0.39 is 6.09 Å². The second kappa shape index (κ2) is 10.7. The van der Waals surface area contributed by atoms with Crippen LogP contribution in [0.4, 0.5) is 4.79 Å². The molecule has 0 saturated carbocycles. The lowest BCUT2D eigenvalue weighted by molar-refractivity contribution is -0.116. The van der Waals surface area contributed by atoms with Gasteiger partial charge in [0.2, 0.25) is 5.91 Å². The fraction of sp³-hybridized carbons (Fsp3) is 0.444. The number of nitrogens with one attached hydrogen (secondary N) is 2. The van der Waals surface area contributed by atoms with E-state index in [4.69, 9.17) is 16.3 Å². The molecule has 2 amide bonds. The van der Waals surface area contributed by atoms with Gasteiger partial charge in [-0.3, -0.25) is 4.79 Å². The van der Waals surface area contributed by atoms with Gasteiger partial charge in [0.05, 0.1) is 6.61 Å².